The Morgan fingerprint density at radius 2 is 1.68 bits per heavy atom. The number of carbonyl (C=O) groups is 2. The van der Waals surface area contributed by atoms with Crippen LogP contribution in [0.3, 0.4) is 0 Å². The van der Waals surface area contributed by atoms with Gasteiger partial charge in [-0.1, -0.05) is 18.2 Å². The first-order valence-corrected chi connectivity index (χ1v) is 9.55. The molecule has 0 radical (unpaired) electrons. The second-order valence-corrected chi connectivity index (χ2v) is 7.11. The number of hydrogen-bond donors (Lipinski definition) is 0. The summed E-state index contributed by atoms with van der Waals surface area (Å²) in [6.07, 6.45) is 2.09. The first kappa shape index (κ1) is 18.5. The third-order valence-corrected chi connectivity index (χ3v) is 5.65. The summed E-state index contributed by atoms with van der Waals surface area (Å²) in [5.74, 6) is 1.17. The summed E-state index contributed by atoms with van der Waals surface area (Å²) < 4.78 is 10.9. The number of benzene rings is 2. The molecular formula is C22H24N2O4. The number of rotatable bonds is 6. The van der Waals surface area contributed by atoms with Crippen LogP contribution in [0.4, 0.5) is 0 Å². The van der Waals surface area contributed by atoms with Gasteiger partial charge in [0.2, 0.25) is 0 Å². The smallest absolute Gasteiger partial charge is 0.261 e. The van der Waals surface area contributed by atoms with Crippen molar-refractivity contribution in [2.45, 2.75) is 18.9 Å². The quantitative estimate of drug-likeness (QED) is 0.721. The summed E-state index contributed by atoms with van der Waals surface area (Å²) in [5.41, 5.74) is 2.12. The zero-order valence-corrected chi connectivity index (χ0v) is 16.2. The molecule has 6 nitrogen and oxygen atoms in total. The minimum atomic E-state index is -0.196. The molecule has 2 aromatic rings. The Bertz CT molecular complexity index is 876. The van der Waals surface area contributed by atoms with Crippen molar-refractivity contribution in [2.24, 2.45) is 0 Å². The summed E-state index contributed by atoms with van der Waals surface area (Å²) in [5, 5.41) is 0. The van der Waals surface area contributed by atoms with Crippen LogP contribution in [0.1, 0.15) is 45.2 Å². The number of ether oxygens (including phenoxy) is 2. The zero-order valence-electron chi connectivity index (χ0n) is 16.2. The molecule has 0 aromatic heterocycles. The second-order valence-electron chi connectivity index (χ2n) is 7.11. The van der Waals surface area contributed by atoms with Crippen molar-refractivity contribution >= 4 is 11.8 Å². The van der Waals surface area contributed by atoms with Crippen molar-refractivity contribution in [1.29, 1.82) is 0 Å². The monoisotopic (exact) mass is 380 g/mol. The van der Waals surface area contributed by atoms with E-state index in [1.165, 1.54) is 4.90 Å². The number of methoxy groups -OCH3 is 2. The van der Waals surface area contributed by atoms with Gasteiger partial charge in [-0.3, -0.25) is 19.4 Å². The lowest BCUT2D eigenvalue weighted by atomic mass is 10.0. The Labute approximate surface area is 164 Å². The molecule has 1 fully saturated rings. The number of hydrogen-bond acceptors (Lipinski definition) is 5. The Kier molecular flexibility index (Phi) is 5.05. The fraction of sp³-hybridized carbons (Fsp3) is 0.364. The Morgan fingerprint density at radius 3 is 2.32 bits per heavy atom. The van der Waals surface area contributed by atoms with Crippen LogP contribution in [0.2, 0.25) is 0 Å². The van der Waals surface area contributed by atoms with Gasteiger partial charge in [-0.25, -0.2) is 0 Å². The highest BCUT2D eigenvalue weighted by molar-refractivity contribution is 6.21. The maximum Gasteiger partial charge on any atom is 0.261 e. The molecule has 0 aliphatic carbocycles. The van der Waals surface area contributed by atoms with Crippen molar-refractivity contribution in [3.05, 3.63) is 59.2 Å². The third-order valence-electron chi connectivity index (χ3n) is 5.65. The first-order valence-electron chi connectivity index (χ1n) is 9.55. The zero-order chi connectivity index (χ0) is 19.7. The van der Waals surface area contributed by atoms with Crippen LogP contribution in [0.15, 0.2) is 42.5 Å². The minimum Gasteiger partial charge on any atom is -0.497 e. The van der Waals surface area contributed by atoms with E-state index in [0.29, 0.717) is 24.2 Å². The molecule has 1 atom stereocenters. The van der Waals surface area contributed by atoms with Gasteiger partial charge in [0.05, 0.1) is 25.3 Å². The van der Waals surface area contributed by atoms with Crippen molar-refractivity contribution in [3.8, 4) is 11.5 Å². The van der Waals surface area contributed by atoms with Gasteiger partial charge in [-0.05, 0) is 37.6 Å². The number of amides is 2. The molecule has 0 unspecified atom stereocenters. The van der Waals surface area contributed by atoms with Gasteiger partial charge in [0.25, 0.3) is 11.8 Å². The topological polar surface area (TPSA) is 59.1 Å². The molecular weight excluding hydrogens is 356 g/mol. The Morgan fingerprint density at radius 1 is 0.964 bits per heavy atom. The molecule has 2 heterocycles. The molecule has 2 aromatic carbocycles. The van der Waals surface area contributed by atoms with Gasteiger partial charge in [-0.15, -0.1) is 0 Å². The fourth-order valence-electron chi connectivity index (χ4n) is 4.21. The minimum absolute atomic E-state index is 0.196. The number of imide groups is 1. The fourth-order valence-corrected chi connectivity index (χ4v) is 4.21. The summed E-state index contributed by atoms with van der Waals surface area (Å²) in [6, 6.07) is 13.1. The Hall–Kier alpha value is -2.86. The molecule has 2 aliphatic heterocycles. The highest BCUT2D eigenvalue weighted by Gasteiger charge is 2.36. The molecule has 1 saturated heterocycles. The normalized spacial score (nSPS) is 19.2. The van der Waals surface area contributed by atoms with E-state index in [1.54, 1.807) is 38.5 Å². The van der Waals surface area contributed by atoms with E-state index >= 15 is 0 Å². The van der Waals surface area contributed by atoms with E-state index in [-0.39, 0.29) is 17.9 Å². The molecule has 2 amide bonds. The van der Waals surface area contributed by atoms with Crippen LogP contribution in [0.25, 0.3) is 0 Å². The molecule has 4 rings (SSSR count). The van der Waals surface area contributed by atoms with Gasteiger partial charge in [-0.2, -0.15) is 0 Å². The summed E-state index contributed by atoms with van der Waals surface area (Å²) in [4.78, 5) is 28.9. The van der Waals surface area contributed by atoms with Gasteiger partial charge in [0, 0.05) is 30.8 Å². The number of carbonyl (C=O) groups excluding carboxylic acids is 2. The van der Waals surface area contributed by atoms with Gasteiger partial charge >= 0.3 is 0 Å². The van der Waals surface area contributed by atoms with Crippen molar-refractivity contribution in [1.82, 2.24) is 9.80 Å². The highest BCUT2D eigenvalue weighted by Crippen LogP contribution is 2.38. The van der Waals surface area contributed by atoms with Crippen LogP contribution in [-0.2, 0) is 0 Å². The molecule has 0 bridgehead atoms. The first-order chi connectivity index (χ1) is 13.6. The lowest BCUT2D eigenvalue weighted by Gasteiger charge is -2.27. The average Bonchev–Trinajstić information content (AvgIpc) is 3.29. The van der Waals surface area contributed by atoms with Crippen molar-refractivity contribution in [2.75, 3.05) is 33.9 Å². The molecule has 0 spiro atoms. The van der Waals surface area contributed by atoms with Crippen molar-refractivity contribution < 1.29 is 19.1 Å². The second kappa shape index (κ2) is 7.64. The van der Waals surface area contributed by atoms with E-state index in [0.717, 1.165) is 36.4 Å². The van der Waals surface area contributed by atoms with E-state index < -0.39 is 0 Å². The molecule has 146 valence electrons. The lowest BCUT2D eigenvalue weighted by molar-refractivity contribution is 0.0632. The van der Waals surface area contributed by atoms with Gasteiger partial charge in [0.15, 0.2) is 0 Å². The SMILES string of the molecule is COc1ccc([C@H]2CCCN2CCN2C(=O)c3ccccc3C2=O)c(OC)c1. The molecule has 28 heavy (non-hydrogen) atoms. The predicted molar refractivity (Wildman–Crippen MR) is 105 cm³/mol. The largest absolute Gasteiger partial charge is 0.497 e. The van der Waals surface area contributed by atoms with Crippen LogP contribution >= 0.6 is 0 Å². The van der Waals surface area contributed by atoms with E-state index in [2.05, 4.69) is 4.90 Å². The van der Waals surface area contributed by atoms with E-state index in [4.69, 9.17) is 9.47 Å². The summed E-state index contributed by atoms with van der Waals surface area (Å²) in [7, 11) is 3.30. The summed E-state index contributed by atoms with van der Waals surface area (Å²) >= 11 is 0. The molecule has 6 heteroatoms. The molecule has 0 saturated carbocycles. The van der Waals surface area contributed by atoms with Crippen LogP contribution < -0.4 is 9.47 Å². The van der Waals surface area contributed by atoms with Crippen LogP contribution in [-0.4, -0.2) is 55.5 Å². The van der Waals surface area contributed by atoms with Gasteiger partial charge < -0.3 is 9.47 Å². The lowest BCUT2D eigenvalue weighted by Crippen LogP contribution is -2.38. The standard InChI is InChI=1S/C22H24N2O4/c1-27-15-9-10-18(20(14-15)28-2)19-8-5-11-23(19)12-13-24-21(25)16-6-3-4-7-17(16)22(24)26/h3-4,6-7,9-10,14,19H,5,8,11-13H2,1-2H3/t19-/m1/s1. The van der Waals surface area contributed by atoms with Crippen LogP contribution in [0, 0.1) is 0 Å². The van der Waals surface area contributed by atoms with E-state index in [1.807, 2.05) is 18.2 Å². The predicted octanol–water partition coefficient (Wildman–Crippen LogP) is 3.14. The third kappa shape index (κ3) is 3.14. The summed E-state index contributed by atoms with van der Waals surface area (Å²) in [6.45, 7) is 1.97. The highest BCUT2D eigenvalue weighted by atomic mass is 16.5. The molecule has 0 N–H and O–H groups in total. The number of fused-ring (bicyclic) bond motifs is 1. The molecule has 2 aliphatic rings. The average molecular weight is 380 g/mol. The Balaban J connectivity index is 1.49. The van der Waals surface area contributed by atoms with Gasteiger partial charge in [0.1, 0.15) is 11.5 Å². The van der Waals surface area contributed by atoms with E-state index in [9.17, 15) is 9.59 Å². The van der Waals surface area contributed by atoms with Crippen molar-refractivity contribution in [3.63, 3.8) is 0 Å². The maximum absolute atomic E-state index is 12.6. The van der Waals surface area contributed by atoms with Crippen LogP contribution in [0.5, 0.6) is 11.5 Å². The number of likely N-dealkylation sites (tertiary alicyclic amines) is 1. The number of nitrogens with zero attached hydrogens (tertiary/aromatic N) is 2. The maximum atomic E-state index is 12.6.